The second-order valence-corrected chi connectivity index (χ2v) is 9.91. The molecule has 6 nitrogen and oxygen atoms in total. The SMILES string of the molecule is C[C@H]1CC(=O)Nc2cc(S(=O)(=O)CCC(=O)Nc3ccccc3)ccc2S1. The van der Waals surface area contributed by atoms with Crippen LogP contribution >= 0.6 is 11.8 Å². The highest BCUT2D eigenvalue weighted by Crippen LogP contribution is 2.36. The van der Waals surface area contributed by atoms with Gasteiger partial charge in [0.25, 0.3) is 0 Å². The Kier molecular flexibility index (Phi) is 5.86. The first-order valence-electron chi connectivity index (χ1n) is 8.52. The molecule has 0 bridgehead atoms. The van der Waals surface area contributed by atoms with Crippen LogP contribution in [-0.2, 0) is 19.4 Å². The number of carbonyl (C=O) groups is 2. The van der Waals surface area contributed by atoms with Gasteiger partial charge in [-0.2, -0.15) is 0 Å². The molecular formula is C19H20N2O4S2. The van der Waals surface area contributed by atoms with Crippen LogP contribution in [0.4, 0.5) is 11.4 Å². The normalized spacial score (nSPS) is 16.8. The molecule has 1 aliphatic rings. The van der Waals surface area contributed by atoms with Crippen molar-refractivity contribution in [3.8, 4) is 0 Å². The summed E-state index contributed by atoms with van der Waals surface area (Å²) in [5.74, 6) is -0.801. The minimum absolute atomic E-state index is 0.101. The zero-order chi connectivity index (χ0) is 19.4. The van der Waals surface area contributed by atoms with Gasteiger partial charge in [-0.25, -0.2) is 8.42 Å². The van der Waals surface area contributed by atoms with Gasteiger partial charge < -0.3 is 10.6 Å². The number of sulfone groups is 1. The van der Waals surface area contributed by atoms with Crippen molar-refractivity contribution in [1.29, 1.82) is 0 Å². The molecule has 0 saturated carbocycles. The minimum Gasteiger partial charge on any atom is -0.326 e. The number of nitrogens with one attached hydrogen (secondary N) is 2. The van der Waals surface area contributed by atoms with E-state index in [1.54, 1.807) is 30.3 Å². The van der Waals surface area contributed by atoms with E-state index in [-0.39, 0.29) is 34.1 Å². The smallest absolute Gasteiger partial charge is 0.225 e. The first-order valence-corrected chi connectivity index (χ1v) is 11.0. The summed E-state index contributed by atoms with van der Waals surface area (Å²) < 4.78 is 25.2. The fourth-order valence-corrected chi connectivity index (χ4v) is 5.03. The summed E-state index contributed by atoms with van der Waals surface area (Å²) in [5.41, 5.74) is 1.13. The van der Waals surface area contributed by atoms with Gasteiger partial charge in [0, 0.05) is 28.7 Å². The summed E-state index contributed by atoms with van der Waals surface area (Å²) in [6.07, 6.45) is 0.230. The predicted octanol–water partition coefficient (Wildman–Crippen LogP) is 3.31. The maximum absolute atomic E-state index is 12.6. The second-order valence-electron chi connectivity index (χ2n) is 6.32. The number of thioether (sulfide) groups is 1. The van der Waals surface area contributed by atoms with Crippen molar-refractivity contribution in [2.24, 2.45) is 0 Å². The van der Waals surface area contributed by atoms with Crippen LogP contribution in [0.2, 0.25) is 0 Å². The molecule has 142 valence electrons. The molecule has 0 aromatic heterocycles. The van der Waals surface area contributed by atoms with Gasteiger partial charge in [0.05, 0.1) is 16.3 Å². The maximum atomic E-state index is 12.6. The van der Waals surface area contributed by atoms with Gasteiger partial charge in [-0.05, 0) is 30.3 Å². The topological polar surface area (TPSA) is 92.3 Å². The van der Waals surface area contributed by atoms with Crippen molar-refractivity contribution in [3.05, 3.63) is 48.5 Å². The first-order chi connectivity index (χ1) is 12.8. The van der Waals surface area contributed by atoms with Gasteiger partial charge >= 0.3 is 0 Å². The number of benzene rings is 2. The monoisotopic (exact) mass is 404 g/mol. The van der Waals surface area contributed by atoms with Crippen molar-refractivity contribution in [1.82, 2.24) is 0 Å². The van der Waals surface area contributed by atoms with Crippen LogP contribution in [0.5, 0.6) is 0 Å². The van der Waals surface area contributed by atoms with E-state index in [0.717, 1.165) is 4.90 Å². The van der Waals surface area contributed by atoms with Gasteiger partial charge in [0.2, 0.25) is 11.8 Å². The average Bonchev–Trinajstić information content (AvgIpc) is 2.76. The van der Waals surface area contributed by atoms with Crippen molar-refractivity contribution in [2.75, 3.05) is 16.4 Å². The summed E-state index contributed by atoms with van der Waals surface area (Å²) in [5, 5.41) is 5.55. The van der Waals surface area contributed by atoms with Crippen molar-refractivity contribution in [2.45, 2.75) is 34.8 Å². The molecule has 1 heterocycles. The molecule has 1 aliphatic heterocycles. The molecule has 3 rings (SSSR count). The number of amides is 2. The summed E-state index contributed by atoms with van der Waals surface area (Å²) in [6, 6.07) is 13.6. The maximum Gasteiger partial charge on any atom is 0.225 e. The van der Waals surface area contributed by atoms with Gasteiger partial charge in [-0.3, -0.25) is 9.59 Å². The Morgan fingerprint density at radius 1 is 1.22 bits per heavy atom. The van der Waals surface area contributed by atoms with Crippen molar-refractivity contribution in [3.63, 3.8) is 0 Å². The van der Waals surface area contributed by atoms with Crippen LogP contribution in [0, 0.1) is 0 Å². The summed E-state index contributed by atoms with van der Waals surface area (Å²) in [7, 11) is -3.65. The Morgan fingerprint density at radius 2 is 1.96 bits per heavy atom. The van der Waals surface area contributed by atoms with E-state index >= 15 is 0 Å². The number of fused-ring (bicyclic) bond motifs is 1. The number of hydrogen-bond acceptors (Lipinski definition) is 5. The summed E-state index contributed by atoms with van der Waals surface area (Å²) in [4.78, 5) is 24.8. The van der Waals surface area contributed by atoms with E-state index < -0.39 is 9.84 Å². The van der Waals surface area contributed by atoms with Crippen LogP contribution in [0.3, 0.4) is 0 Å². The molecule has 27 heavy (non-hydrogen) atoms. The lowest BCUT2D eigenvalue weighted by Gasteiger charge is -2.11. The van der Waals surface area contributed by atoms with Crippen LogP contribution in [0.1, 0.15) is 19.8 Å². The lowest BCUT2D eigenvalue weighted by Crippen LogP contribution is -2.17. The molecule has 0 spiro atoms. The molecule has 1 atom stereocenters. The van der Waals surface area contributed by atoms with Gasteiger partial charge in [0.1, 0.15) is 0 Å². The predicted molar refractivity (Wildman–Crippen MR) is 107 cm³/mol. The molecule has 0 unspecified atom stereocenters. The highest BCUT2D eigenvalue weighted by molar-refractivity contribution is 8.00. The Hall–Kier alpha value is -2.32. The van der Waals surface area contributed by atoms with E-state index in [1.807, 2.05) is 13.0 Å². The summed E-state index contributed by atoms with van der Waals surface area (Å²) in [6.45, 7) is 1.95. The standard InChI is InChI=1S/C19H20N2O4S2/c1-13-11-19(23)21-16-12-15(7-8-17(16)26-13)27(24,25)10-9-18(22)20-14-5-3-2-4-6-14/h2-8,12-13H,9-11H2,1H3,(H,20,22)(H,21,23)/t13-/m0/s1. The van der Waals surface area contributed by atoms with E-state index in [9.17, 15) is 18.0 Å². The molecule has 2 aromatic carbocycles. The van der Waals surface area contributed by atoms with Crippen LogP contribution < -0.4 is 10.6 Å². The number of rotatable bonds is 5. The third kappa shape index (κ3) is 5.11. The van der Waals surface area contributed by atoms with Gasteiger partial charge in [-0.15, -0.1) is 11.8 Å². The molecule has 0 aliphatic carbocycles. The number of para-hydroxylation sites is 1. The van der Waals surface area contributed by atoms with Gasteiger partial charge in [-0.1, -0.05) is 25.1 Å². The van der Waals surface area contributed by atoms with E-state index in [2.05, 4.69) is 10.6 Å². The van der Waals surface area contributed by atoms with Crippen LogP contribution in [0.15, 0.2) is 58.3 Å². The number of anilines is 2. The fraction of sp³-hybridized carbons (Fsp3) is 0.263. The lowest BCUT2D eigenvalue weighted by molar-refractivity contribution is -0.116. The number of hydrogen-bond donors (Lipinski definition) is 2. The molecule has 0 fully saturated rings. The average molecular weight is 405 g/mol. The molecule has 0 radical (unpaired) electrons. The zero-order valence-corrected chi connectivity index (χ0v) is 16.4. The Labute approximate surface area is 162 Å². The second kappa shape index (κ2) is 8.14. The van der Waals surface area contributed by atoms with E-state index in [4.69, 9.17) is 0 Å². The molecule has 2 aromatic rings. The largest absolute Gasteiger partial charge is 0.326 e. The summed E-state index contributed by atoms with van der Waals surface area (Å²) >= 11 is 1.53. The first kappa shape index (κ1) is 19.4. The molecule has 0 saturated heterocycles. The Balaban J connectivity index is 1.70. The van der Waals surface area contributed by atoms with Crippen molar-refractivity contribution >= 4 is 44.8 Å². The van der Waals surface area contributed by atoms with E-state index in [0.29, 0.717) is 17.8 Å². The van der Waals surface area contributed by atoms with Gasteiger partial charge in [0.15, 0.2) is 9.84 Å². The quantitative estimate of drug-likeness (QED) is 0.798. The third-order valence-corrected chi connectivity index (χ3v) is 6.93. The number of carbonyl (C=O) groups excluding carboxylic acids is 2. The van der Waals surface area contributed by atoms with Crippen LogP contribution in [-0.4, -0.2) is 31.2 Å². The van der Waals surface area contributed by atoms with Crippen molar-refractivity contribution < 1.29 is 18.0 Å². The highest BCUT2D eigenvalue weighted by atomic mass is 32.2. The van der Waals surface area contributed by atoms with Crippen LogP contribution in [0.25, 0.3) is 0 Å². The highest BCUT2D eigenvalue weighted by Gasteiger charge is 2.22. The Morgan fingerprint density at radius 3 is 2.70 bits per heavy atom. The molecular weight excluding hydrogens is 384 g/mol. The Bertz CT molecular complexity index is 959. The molecule has 2 N–H and O–H groups in total. The third-order valence-electron chi connectivity index (χ3n) is 4.04. The lowest BCUT2D eigenvalue weighted by atomic mass is 10.3. The van der Waals surface area contributed by atoms with E-state index in [1.165, 1.54) is 23.9 Å². The molecule has 2 amide bonds. The minimum atomic E-state index is -3.65. The fourth-order valence-electron chi connectivity index (χ4n) is 2.71. The zero-order valence-electron chi connectivity index (χ0n) is 14.8. The molecule has 8 heteroatoms.